The predicted molar refractivity (Wildman–Crippen MR) is 94.0 cm³/mol. The molecule has 2 nitrogen and oxygen atoms in total. The molecule has 116 valence electrons. The summed E-state index contributed by atoms with van der Waals surface area (Å²) in [7, 11) is -4.98. The highest BCUT2D eigenvalue weighted by Gasteiger charge is 2.41. The van der Waals surface area contributed by atoms with Gasteiger partial charge in [0.25, 0.3) is 0 Å². The molecule has 0 amide bonds. The molecule has 0 saturated carbocycles. The molecular weight excluding hydrogens is 298 g/mol. The van der Waals surface area contributed by atoms with Gasteiger partial charge in [0.2, 0.25) is 0 Å². The summed E-state index contributed by atoms with van der Waals surface area (Å²) in [6.07, 6.45) is 5.03. The second kappa shape index (κ2) is 6.27. The van der Waals surface area contributed by atoms with Crippen molar-refractivity contribution in [2.24, 2.45) is 0 Å². The maximum absolute atomic E-state index is 13.9. The molecular formula is C17H26O2P2. The zero-order valence-electron chi connectivity index (χ0n) is 13.5. The number of rotatable bonds is 4. The highest BCUT2D eigenvalue weighted by molar-refractivity contribution is 7.77. The molecule has 21 heavy (non-hydrogen) atoms. The first-order chi connectivity index (χ1) is 9.78. The highest BCUT2D eigenvalue weighted by Crippen LogP contribution is 2.65. The van der Waals surface area contributed by atoms with Crippen LogP contribution in [0.1, 0.15) is 33.1 Å². The SMILES string of the molecule is CC(C)P(=O)(C1=CCCCC1P(C)(C)=O)c1ccccc1. The lowest BCUT2D eigenvalue weighted by Gasteiger charge is -2.35. The summed E-state index contributed by atoms with van der Waals surface area (Å²) >= 11 is 0. The fourth-order valence-electron chi connectivity index (χ4n) is 3.23. The Kier molecular flexibility index (Phi) is 5.01. The molecule has 1 aromatic carbocycles. The molecule has 2 unspecified atom stereocenters. The van der Waals surface area contributed by atoms with Gasteiger partial charge in [-0.1, -0.05) is 50.3 Å². The van der Waals surface area contributed by atoms with Gasteiger partial charge in [-0.05, 0) is 32.6 Å². The maximum atomic E-state index is 13.9. The summed E-state index contributed by atoms with van der Waals surface area (Å²) in [5.74, 6) is 0. The van der Waals surface area contributed by atoms with Crippen LogP contribution in [0.15, 0.2) is 41.7 Å². The molecule has 0 fully saturated rings. The second-order valence-corrected chi connectivity index (χ2v) is 13.5. The molecule has 0 radical (unpaired) electrons. The Morgan fingerprint density at radius 1 is 1.10 bits per heavy atom. The summed E-state index contributed by atoms with van der Waals surface area (Å²) in [5, 5.41) is 1.88. The zero-order chi connectivity index (χ0) is 15.7. The molecule has 2 rings (SSSR count). The van der Waals surface area contributed by atoms with Gasteiger partial charge in [0.1, 0.15) is 7.14 Å². The average molecular weight is 324 g/mol. The zero-order valence-corrected chi connectivity index (χ0v) is 15.2. The van der Waals surface area contributed by atoms with Gasteiger partial charge >= 0.3 is 0 Å². The van der Waals surface area contributed by atoms with E-state index in [1.54, 1.807) is 0 Å². The Hall–Kier alpha value is -0.580. The normalized spacial score (nSPS) is 22.7. The lowest BCUT2D eigenvalue weighted by atomic mass is 10.1. The van der Waals surface area contributed by atoms with Gasteiger partial charge < -0.3 is 9.13 Å². The van der Waals surface area contributed by atoms with E-state index in [0.717, 1.165) is 29.9 Å². The molecule has 0 N–H and O–H groups in total. The minimum atomic E-state index is -2.68. The largest absolute Gasteiger partial charge is 0.323 e. The van der Waals surface area contributed by atoms with Gasteiger partial charge in [0.05, 0.1) is 7.14 Å². The lowest BCUT2D eigenvalue weighted by molar-refractivity contribution is 0.561. The molecule has 0 saturated heterocycles. The van der Waals surface area contributed by atoms with Gasteiger partial charge in [0, 0.05) is 21.9 Å². The fourth-order valence-corrected chi connectivity index (χ4v) is 9.20. The minimum absolute atomic E-state index is 0.0142. The molecule has 4 heteroatoms. The van der Waals surface area contributed by atoms with Crippen LogP contribution in [0.25, 0.3) is 0 Å². The molecule has 1 aromatic rings. The quantitative estimate of drug-likeness (QED) is 0.718. The summed E-state index contributed by atoms with van der Waals surface area (Å²) in [6, 6.07) is 9.76. The van der Waals surface area contributed by atoms with Crippen LogP contribution in [0.2, 0.25) is 0 Å². The van der Waals surface area contributed by atoms with Crippen molar-refractivity contribution in [3.63, 3.8) is 0 Å². The van der Waals surface area contributed by atoms with Crippen molar-refractivity contribution in [3.05, 3.63) is 41.7 Å². The smallest absolute Gasteiger partial charge is 0.142 e. The third-order valence-corrected chi connectivity index (χ3v) is 10.4. The van der Waals surface area contributed by atoms with E-state index in [4.69, 9.17) is 0 Å². The summed E-state index contributed by atoms with van der Waals surface area (Å²) in [6.45, 7) is 7.73. The predicted octanol–water partition coefficient (Wildman–Crippen LogP) is 5.14. The van der Waals surface area contributed by atoms with E-state index in [0.29, 0.717) is 0 Å². The Labute approximate surface area is 128 Å². The molecule has 1 aliphatic carbocycles. The van der Waals surface area contributed by atoms with E-state index in [1.807, 2.05) is 57.5 Å². The van der Waals surface area contributed by atoms with Crippen LogP contribution in [-0.4, -0.2) is 24.6 Å². The molecule has 0 spiro atoms. The first kappa shape index (κ1) is 16.8. The number of hydrogen-bond donors (Lipinski definition) is 0. The van der Waals surface area contributed by atoms with Crippen molar-refractivity contribution in [3.8, 4) is 0 Å². The summed E-state index contributed by atoms with van der Waals surface area (Å²) in [5.41, 5.74) is 0.0259. The van der Waals surface area contributed by atoms with E-state index in [9.17, 15) is 9.13 Å². The maximum Gasteiger partial charge on any atom is 0.142 e. The van der Waals surface area contributed by atoms with Crippen molar-refractivity contribution < 1.29 is 9.13 Å². The highest BCUT2D eigenvalue weighted by atomic mass is 31.2. The number of benzene rings is 1. The minimum Gasteiger partial charge on any atom is -0.323 e. The summed E-state index contributed by atoms with van der Waals surface area (Å²) in [4.78, 5) is 0. The molecule has 0 bridgehead atoms. The van der Waals surface area contributed by atoms with Crippen LogP contribution in [-0.2, 0) is 9.13 Å². The van der Waals surface area contributed by atoms with Gasteiger partial charge in [-0.25, -0.2) is 0 Å². The summed E-state index contributed by atoms with van der Waals surface area (Å²) < 4.78 is 26.7. The number of allylic oxidation sites excluding steroid dienone is 2. The second-order valence-electron chi connectivity index (χ2n) is 6.60. The Morgan fingerprint density at radius 3 is 2.24 bits per heavy atom. The van der Waals surface area contributed by atoms with Crippen LogP contribution >= 0.6 is 14.3 Å². The van der Waals surface area contributed by atoms with Crippen molar-refractivity contribution in [2.75, 3.05) is 13.3 Å². The van der Waals surface area contributed by atoms with E-state index >= 15 is 0 Å². The van der Waals surface area contributed by atoms with Crippen LogP contribution in [0.5, 0.6) is 0 Å². The van der Waals surface area contributed by atoms with Gasteiger partial charge in [0.15, 0.2) is 0 Å². The van der Waals surface area contributed by atoms with E-state index in [-0.39, 0.29) is 11.3 Å². The van der Waals surface area contributed by atoms with E-state index in [1.165, 1.54) is 0 Å². The van der Waals surface area contributed by atoms with Crippen LogP contribution in [0.4, 0.5) is 0 Å². The molecule has 1 aliphatic rings. The number of hydrogen-bond acceptors (Lipinski definition) is 2. The lowest BCUT2D eigenvalue weighted by Crippen LogP contribution is -2.23. The van der Waals surface area contributed by atoms with Gasteiger partial charge in [-0.3, -0.25) is 0 Å². The Morgan fingerprint density at radius 2 is 1.71 bits per heavy atom. The fraction of sp³-hybridized carbons (Fsp3) is 0.529. The van der Waals surface area contributed by atoms with Gasteiger partial charge in [-0.2, -0.15) is 0 Å². The first-order valence-electron chi connectivity index (χ1n) is 7.68. The van der Waals surface area contributed by atoms with Crippen molar-refractivity contribution in [1.29, 1.82) is 0 Å². The Balaban J connectivity index is 2.60. The van der Waals surface area contributed by atoms with Crippen molar-refractivity contribution >= 4 is 19.6 Å². The Bertz CT molecular complexity index is 611. The van der Waals surface area contributed by atoms with E-state index < -0.39 is 14.3 Å². The third-order valence-electron chi connectivity index (χ3n) is 4.38. The third kappa shape index (κ3) is 3.27. The molecule has 0 aromatic heterocycles. The standard InChI is InChI=1S/C17H26O2P2/c1-14(2)21(19,15-10-6-5-7-11-15)17-13-9-8-12-16(17)20(3,4)18/h5-7,10-11,13-14,16H,8-9,12H2,1-4H3. The van der Waals surface area contributed by atoms with E-state index in [2.05, 4.69) is 6.08 Å². The molecule has 2 atom stereocenters. The monoisotopic (exact) mass is 324 g/mol. The van der Waals surface area contributed by atoms with Crippen molar-refractivity contribution in [1.82, 2.24) is 0 Å². The van der Waals surface area contributed by atoms with Crippen LogP contribution in [0, 0.1) is 0 Å². The van der Waals surface area contributed by atoms with Crippen LogP contribution in [0.3, 0.4) is 0 Å². The first-order valence-corrected chi connectivity index (χ1v) is 12.1. The molecule has 0 heterocycles. The van der Waals surface area contributed by atoms with Crippen LogP contribution < -0.4 is 5.30 Å². The average Bonchev–Trinajstić information content (AvgIpc) is 2.46. The topological polar surface area (TPSA) is 34.1 Å². The molecule has 0 aliphatic heterocycles. The van der Waals surface area contributed by atoms with Crippen molar-refractivity contribution in [2.45, 2.75) is 44.4 Å². The van der Waals surface area contributed by atoms with Gasteiger partial charge in [-0.15, -0.1) is 0 Å².